The van der Waals surface area contributed by atoms with E-state index in [0.717, 1.165) is 16.7 Å². The van der Waals surface area contributed by atoms with Crippen molar-refractivity contribution in [1.82, 2.24) is 15.1 Å². The van der Waals surface area contributed by atoms with Crippen molar-refractivity contribution in [2.75, 3.05) is 32.6 Å². The first-order chi connectivity index (χ1) is 18.8. The minimum Gasteiger partial charge on any atom is -0.443 e. The summed E-state index contributed by atoms with van der Waals surface area (Å²) < 4.78 is 30.6. The number of hydrogen-bond donors (Lipinski definition) is 1. The number of rotatable bonds is 11. The Labute approximate surface area is 242 Å². The van der Waals surface area contributed by atoms with Crippen LogP contribution in [0.3, 0.4) is 0 Å². The van der Waals surface area contributed by atoms with Crippen molar-refractivity contribution >= 4 is 39.3 Å². The van der Waals surface area contributed by atoms with Gasteiger partial charge < -0.3 is 15.0 Å². The predicted octanol–water partition coefficient (Wildman–Crippen LogP) is 4.80. The largest absolute Gasteiger partial charge is 0.443 e. The zero-order chi connectivity index (χ0) is 29.5. The molecule has 0 fully saturated rings. The zero-order valence-electron chi connectivity index (χ0n) is 23.9. The molecule has 0 saturated heterocycles. The van der Waals surface area contributed by atoms with E-state index in [1.807, 2.05) is 45.0 Å². The molecule has 0 aromatic heterocycles. The third-order valence-electron chi connectivity index (χ3n) is 6.29. The van der Waals surface area contributed by atoms with Crippen molar-refractivity contribution in [2.45, 2.75) is 64.0 Å². The molecule has 11 heteroatoms. The van der Waals surface area contributed by atoms with E-state index in [2.05, 4.69) is 10.3 Å². The lowest BCUT2D eigenvalue weighted by Crippen LogP contribution is -2.39. The van der Waals surface area contributed by atoms with Crippen LogP contribution in [0.4, 0.5) is 4.79 Å². The van der Waals surface area contributed by atoms with Crippen LogP contribution in [0.2, 0.25) is 5.02 Å². The number of halogens is 1. The molecule has 2 amide bonds. The number of amides is 2. The number of hydrogen-bond acceptors (Lipinski definition) is 7. The maximum atomic E-state index is 12.6. The second-order valence-electron chi connectivity index (χ2n) is 10.9. The lowest BCUT2D eigenvalue weighted by molar-refractivity contribution is -0.130. The lowest BCUT2D eigenvalue weighted by atomic mass is 10.1. The maximum Gasteiger partial charge on any atom is 0.416 e. The van der Waals surface area contributed by atoms with Crippen LogP contribution in [0.1, 0.15) is 56.7 Å². The zero-order valence-corrected chi connectivity index (χ0v) is 25.4. The fourth-order valence-electron chi connectivity index (χ4n) is 4.17. The van der Waals surface area contributed by atoms with Crippen LogP contribution in [-0.2, 0) is 25.9 Å². The highest BCUT2D eigenvalue weighted by atomic mass is 35.5. The Balaban J connectivity index is 1.41. The third-order valence-corrected chi connectivity index (χ3v) is 8.50. The number of nitrogens with zero attached hydrogens (tertiary/aromatic N) is 3. The molecular formula is C29H39ClN4O5S. The van der Waals surface area contributed by atoms with Gasteiger partial charge in [-0.2, -0.15) is 0 Å². The molecule has 2 aromatic rings. The topological polar surface area (TPSA) is 108 Å². The fourth-order valence-corrected chi connectivity index (χ4v) is 5.94. The Bertz CT molecular complexity index is 1340. The van der Waals surface area contributed by atoms with Gasteiger partial charge >= 0.3 is 6.09 Å². The van der Waals surface area contributed by atoms with E-state index in [-0.39, 0.29) is 21.7 Å². The number of unbranched alkanes of at least 4 members (excludes halogenated alkanes) is 1. The van der Waals surface area contributed by atoms with Crippen molar-refractivity contribution in [3.8, 4) is 0 Å². The summed E-state index contributed by atoms with van der Waals surface area (Å²) in [6.45, 7) is 9.20. The number of aryl methyl sites for hydroxylation is 1. The summed E-state index contributed by atoms with van der Waals surface area (Å²) in [5, 5.41) is 3.20. The van der Waals surface area contributed by atoms with E-state index >= 15 is 0 Å². The molecule has 1 heterocycles. The first-order valence-electron chi connectivity index (χ1n) is 13.4. The summed E-state index contributed by atoms with van der Waals surface area (Å²) in [6.07, 6.45) is 1.27. The van der Waals surface area contributed by atoms with Crippen LogP contribution in [0, 0.1) is 6.92 Å². The van der Waals surface area contributed by atoms with Gasteiger partial charge in [-0.15, -0.1) is 0 Å². The van der Waals surface area contributed by atoms with Gasteiger partial charge in [-0.1, -0.05) is 48.0 Å². The van der Waals surface area contributed by atoms with Crippen molar-refractivity contribution in [3.63, 3.8) is 0 Å². The summed E-state index contributed by atoms with van der Waals surface area (Å²) in [5.41, 5.74) is 1.91. The van der Waals surface area contributed by atoms with Crippen molar-refractivity contribution in [1.29, 1.82) is 0 Å². The van der Waals surface area contributed by atoms with Crippen LogP contribution in [0.25, 0.3) is 0 Å². The predicted molar refractivity (Wildman–Crippen MR) is 157 cm³/mol. The Morgan fingerprint density at radius 3 is 2.50 bits per heavy atom. The number of ether oxygens (including phenoxy) is 1. The molecule has 3 rings (SSSR count). The minimum atomic E-state index is -3.54. The number of carbonyl (C=O) groups excluding carboxylic acids is 2. The molecule has 0 bridgehead atoms. The van der Waals surface area contributed by atoms with E-state index in [1.165, 1.54) is 6.07 Å². The van der Waals surface area contributed by atoms with Crippen molar-refractivity contribution in [3.05, 3.63) is 64.2 Å². The fraction of sp³-hybridized carbons (Fsp3) is 0.483. The van der Waals surface area contributed by atoms with Gasteiger partial charge in [0.15, 0.2) is 9.84 Å². The molecular weight excluding hydrogens is 552 g/mol. The number of amidine groups is 1. The van der Waals surface area contributed by atoms with Gasteiger partial charge in [-0.05, 0) is 64.3 Å². The number of aliphatic imine (C=N–C) groups is 1. The van der Waals surface area contributed by atoms with Crippen LogP contribution < -0.4 is 5.32 Å². The SMILES string of the molecule is Cc1cccc(S(=O)(=O)CNCCCCC(=O)N(C)Cc2ccc(C3=NCCN3C(=O)OC(C)(C)C)cc2)c1Cl. The molecule has 40 heavy (non-hydrogen) atoms. The Kier molecular flexibility index (Phi) is 10.7. The highest BCUT2D eigenvalue weighted by Crippen LogP contribution is 2.25. The van der Waals surface area contributed by atoms with Gasteiger partial charge in [0.25, 0.3) is 0 Å². The van der Waals surface area contributed by atoms with Crippen molar-refractivity contribution in [2.24, 2.45) is 4.99 Å². The summed E-state index contributed by atoms with van der Waals surface area (Å²) in [6, 6.07) is 12.6. The highest BCUT2D eigenvalue weighted by Gasteiger charge is 2.29. The third kappa shape index (κ3) is 8.78. The molecule has 1 N–H and O–H groups in total. The molecule has 0 radical (unpaired) electrons. The van der Waals surface area contributed by atoms with E-state index < -0.39 is 21.5 Å². The van der Waals surface area contributed by atoms with Gasteiger partial charge in [0, 0.05) is 25.6 Å². The second-order valence-corrected chi connectivity index (χ2v) is 13.2. The van der Waals surface area contributed by atoms with E-state index in [0.29, 0.717) is 51.3 Å². The van der Waals surface area contributed by atoms with Gasteiger partial charge in [-0.25, -0.2) is 13.2 Å². The average Bonchev–Trinajstić information content (AvgIpc) is 3.37. The Morgan fingerprint density at radius 1 is 1.12 bits per heavy atom. The monoisotopic (exact) mass is 590 g/mol. The summed E-state index contributed by atoms with van der Waals surface area (Å²) in [4.78, 5) is 33.0. The summed E-state index contributed by atoms with van der Waals surface area (Å²) in [5.74, 6) is 0.398. The van der Waals surface area contributed by atoms with Gasteiger partial charge in [0.2, 0.25) is 5.91 Å². The van der Waals surface area contributed by atoms with Crippen LogP contribution in [0.5, 0.6) is 0 Å². The minimum absolute atomic E-state index is 0.0134. The first kappa shape index (κ1) is 31.6. The smallest absolute Gasteiger partial charge is 0.416 e. The molecule has 0 unspecified atom stereocenters. The molecule has 0 saturated carbocycles. The molecule has 0 spiro atoms. The number of nitrogens with one attached hydrogen (secondary N) is 1. The number of benzene rings is 2. The maximum absolute atomic E-state index is 12.6. The standard InChI is InChI=1S/C29H39ClN4O5S/c1-21-9-8-10-24(26(21)30)40(37,38)20-31-16-7-6-11-25(35)33(5)19-22-12-14-23(15-13-22)27-32-17-18-34(27)28(36)39-29(2,3)4/h8-10,12-15,31H,6-7,11,16-20H2,1-5H3. The van der Waals surface area contributed by atoms with Gasteiger partial charge in [0.05, 0.1) is 23.0 Å². The molecule has 9 nitrogen and oxygen atoms in total. The lowest BCUT2D eigenvalue weighted by Gasteiger charge is -2.25. The molecule has 0 aliphatic carbocycles. The normalized spacial score (nSPS) is 13.8. The Hall–Kier alpha value is -2.95. The van der Waals surface area contributed by atoms with Gasteiger partial charge in [-0.3, -0.25) is 14.7 Å². The van der Waals surface area contributed by atoms with Crippen LogP contribution in [0.15, 0.2) is 52.4 Å². The molecule has 218 valence electrons. The first-order valence-corrected chi connectivity index (χ1v) is 15.4. The van der Waals surface area contributed by atoms with E-state index in [9.17, 15) is 18.0 Å². The van der Waals surface area contributed by atoms with Gasteiger partial charge in [0.1, 0.15) is 17.3 Å². The van der Waals surface area contributed by atoms with E-state index in [4.69, 9.17) is 16.3 Å². The summed E-state index contributed by atoms with van der Waals surface area (Å²) in [7, 11) is -1.78. The highest BCUT2D eigenvalue weighted by molar-refractivity contribution is 7.91. The van der Waals surface area contributed by atoms with E-state index in [1.54, 1.807) is 35.9 Å². The quantitative estimate of drug-likeness (QED) is 0.377. The van der Waals surface area contributed by atoms with Crippen molar-refractivity contribution < 1.29 is 22.7 Å². The summed E-state index contributed by atoms with van der Waals surface area (Å²) >= 11 is 6.16. The van der Waals surface area contributed by atoms with Crippen LogP contribution >= 0.6 is 11.6 Å². The average molecular weight is 591 g/mol. The Morgan fingerprint density at radius 2 is 1.82 bits per heavy atom. The molecule has 0 atom stereocenters. The second kappa shape index (κ2) is 13.6. The molecule has 2 aromatic carbocycles. The van der Waals surface area contributed by atoms with Crippen LogP contribution in [-0.4, -0.2) is 74.2 Å². The molecule has 1 aliphatic rings. The number of carbonyl (C=O) groups is 2. The number of sulfone groups is 1. The molecule has 1 aliphatic heterocycles.